The number of hydrogen-bond acceptors (Lipinski definition) is 9. The maximum atomic E-state index is 12.9. The summed E-state index contributed by atoms with van der Waals surface area (Å²) in [5, 5.41) is 43.2. The molecule has 1 aromatic carbocycles. The first kappa shape index (κ1) is 31.8. The summed E-state index contributed by atoms with van der Waals surface area (Å²) in [6.07, 6.45) is -1.02. The summed E-state index contributed by atoms with van der Waals surface area (Å²) in [7, 11) is 0. The number of carboxylic acids is 3. The molecule has 15 nitrogen and oxygen atoms in total. The predicted molar refractivity (Wildman–Crippen MR) is 131 cm³/mol. The van der Waals surface area contributed by atoms with E-state index in [2.05, 4.69) is 10.6 Å². The Bertz CT molecular complexity index is 1000. The topological polar surface area (TPSA) is 271 Å². The molecule has 0 heterocycles. The Balaban J connectivity index is 2.99. The Morgan fingerprint density at radius 3 is 1.76 bits per heavy atom. The average Bonchev–Trinajstić information content (AvgIpc) is 2.83. The van der Waals surface area contributed by atoms with Crippen LogP contribution < -0.4 is 27.4 Å². The Morgan fingerprint density at radius 2 is 1.24 bits per heavy atom. The first-order valence-corrected chi connectivity index (χ1v) is 11.6. The van der Waals surface area contributed by atoms with Crippen LogP contribution in [0.5, 0.6) is 5.75 Å². The van der Waals surface area contributed by atoms with Crippen LogP contribution in [0.25, 0.3) is 0 Å². The van der Waals surface area contributed by atoms with Crippen molar-refractivity contribution in [3.8, 4) is 5.75 Å². The highest BCUT2D eigenvalue weighted by Gasteiger charge is 2.32. The molecule has 0 aliphatic carbocycles. The molecule has 1 rings (SSSR count). The average molecular weight is 540 g/mol. The van der Waals surface area contributed by atoms with Crippen LogP contribution >= 0.6 is 0 Å². The lowest BCUT2D eigenvalue weighted by Crippen LogP contribution is -2.57. The fourth-order valence-electron chi connectivity index (χ4n) is 3.32. The normalized spacial score (nSPS) is 13.8. The van der Waals surface area contributed by atoms with Crippen molar-refractivity contribution in [1.82, 2.24) is 16.0 Å². The predicted octanol–water partition coefficient (Wildman–Crippen LogP) is -2.12. The summed E-state index contributed by atoms with van der Waals surface area (Å²) in [6.45, 7) is 0.260. The van der Waals surface area contributed by atoms with Crippen molar-refractivity contribution in [2.24, 2.45) is 11.5 Å². The quantitative estimate of drug-likeness (QED) is 0.0961. The van der Waals surface area contributed by atoms with Crippen LogP contribution in [0.15, 0.2) is 24.3 Å². The molecule has 0 aliphatic rings. The van der Waals surface area contributed by atoms with Crippen LogP contribution in [-0.2, 0) is 35.2 Å². The number of phenolic OH excluding ortho intramolecular Hbond substituents is 1. The van der Waals surface area contributed by atoms with Gasteiger partial charge in [0.15, 0.2) is 0 Å². The molecule has 0 aliphatic heterocycles. The highest BCUT2D eigenvalue weighted by Crippen LogP contribution is 2.11. The van der Waals surface area contributed by atoms with Gasteiger partial charge in [-0.15, -0.1) is 0 Å². The molecular formula is C23H33N5O10. The number of hydrogen-bond donors (Lipinski definition) is 9. The van der Waals surface area contributed by atoms with E-state index in [9.17, 15) is 44.1 Å². The van der Waals surface area contributed by atoms with Gasteiger partial charge >= 0.3 is 17.9 Å². The van der Waals surface area contributed by atoms with E-state index in [0.29, 0.717) is 18.4 Å². The molecule has 0 spiro atoms. The highest BCUT2D eigenvalue weighted by atomic mass is 16.4. The minimum atomic E-state index is -1.78. The summed E-state index contributed by atoms with van der Waals surface area (Å²) in [4.78, 5) is 71.8. The van der Waals surface area contributed by atoms with Gasteiger partial charge in [-0.3, -0.25) is 24.0 Å². The number of unbranched alkanes of at least 4 members (excludes halogenated alkanes) is 1. The number of phenols is 1. The molecule has 0 bridgehead atoms. The third kappa shape index (κ3) is 11.7. The van der Waals surface area contributed by atoms with Crippen molar-refractivity contribution in [3.05, 3.63) is 29.8 Å². The Morgan fingerprint density at radius 1 is 0.737 bits per heavy atom. The lowest BCUT2D eigenvalue weighted by Gasteiger charge is -2.24. The first-order chi connectivity index (χ1) is 17.8. The minimum absolute atomic E-state index is 0.00709. The van der Waals surface area contributed by atoms with Crippen molar-refractivity contribution in [3.63, 3.8) is 0 Å². The summed E-state index contributed by atoms with van der Waals surface area (Å²) < 4.78 is 0. The van der Waals surface area contributed by atoms with Crippen LogP contribution in [-0.4, -0.2) is 86.8 Å². The summed E-state index contributed by atoms with van der Waals surface area (Å²) >= 11 is 0. The van der Waals surface area contributed by atoms with E-state index in [1.807, 2.05) is 5.32 Å². The van der Waals surface area contributed by atoms with E-state index in [4.69, 9.17) is 16.6 Å². The van der Waals surface area contributed by atoms with Crippen molar-refractivity contribution >= 4 is 35.6 Å². The van der Waals surface area contributed by atoms with Gasteiger partial charge in [0.05, 0.1) is 18.9 Å². The van der Waals surface area contributed by atoms with Crippen LogP contribution in [0.1, 0.15) is 37.7 Å². The number of benzene rings is 1. The van der Waals surface area contributed by atoms with Gasteiger partial charge in [0.1, 0.15) is 23.9 Å². The number of carboxylic acid groups (broad SMARTS) is 3. The van der Waals surface area contributed by atoms with Crippen molar-refractivity contribution in [2.45, 2.75) is 62.7 Å². The van der Waals surface area contributed by atoms with Gasteiger partial charge in [-0.1, -0.05) is 12.1 Å². The number of amides is 3. The van der Waals surface area contributed by atoms with E-state index in [1.165, 1.54) is 24.3 Å². The monoisotopic (exact) mass is 539 g/mol. The number of aliphatic carboxylic acids is 3. The van der Waals surface area contributed by atoms with Crippen molar-refractivity contribution < 1.29 is 49.2 Å². The molecule has 1 aromatic rings. The third-order valence-corrected chi connectivity index (χ3v) is 5.31. The zero-order valence-corrected chi connectivity index (χ0v) is 20.5. The van der Waals surface area contributed by atoms with Crippen LogP contribution in [0.4, 0.5) is 0 Å². The molecule has 3 amide bonds. The van der Waals surface area contributed by atoms with Gasteiger partial charge in [-0.05, 0) is 49.9 Å². The van der Waals surface area contributed by atoms with E-state index in [1.54, 1.807) is 0 Å². The zero-order chi connectivity index (χ0) is 28.8. The standard InChI is InChI=1S/C23H33N5O10/c24-8-2-1-3-15(21(35)28-17(23(37)38)11-19(32)33)26-22(36)16(10-18(30)31)27-20(34)14(25)9-12-4-6-13(29)7-5-12/h4-7,14-17,29H,1-3,8-11,24-25H2,(H,26,36)(H,27,34)(H,28,35)(H,30,31)(H,32,33)(H,37,38). The number of carbonyl (C=O) groups excluding carboxylic acids is 3. The fourth-order valence-corrected chi connectivity index (χ4v) is 3.32. The van der Waals surface area contributed by atoms with Gasteiger partial charge in [0, 0.05) is 0 Å². The molecule has 0 radical (unpaired) electrons. The second kappa shape index (κ2) is 15.8. The van der Waals surface area contributed by atoms with E-state index in [0.717, 1.165) is 0 Å². The maximum Gasteiger partial charge on any atom is 0.326 e. The molecule has 38 heavy (non-hydrogen) atoms. The first-order valence-electron chi connectivity index (χ1n) is 11.6. The number of rotatable bonds is 17. The molecule has 0 saturated heterocycles. The van der Waals surface area contributed by atoms with Gasteiger partial charge in [0.2, 0.25) is 17.7 Å². The lowest BCUT2D eigenvalue weighted by molar-refractivity contribution is -0.147. The highest BCUT2D eigenvalue weighted by molar-refractivity contribution is 5.96. The smallest absolute Gasteiger partial charge is 0.326 e. The number of aromatic hydroxyl groups is 1. The summed E-state index contributed by atoms with van der Waals surface area (Å²) in [5.74, 6) is -7.41. The number of nitrogens with two attached hydrogens (primary N) is 2. The second-order valence-electron chi connectivity index (χ2n) is 8.48. The van der Waals surface area contributed by atoms with E-state index < -0.39 is 72.6 Å². The lowest BCUT2D eigenvalue weighted by atomic mass is 10.0. The van der Waals surface area contributed by atoms with E-state index in [-0.39, 0.29) is 25.1 Å². The van der Waals surface area contributed by atoms with Gasteiger partial charge in [-0.2, -0.15) is 0 Å². The van der Waals surface area contributed by atoms with Crippen LogP contribution in [0.2, 0.25) is 0 Å². The van der Waals surface area contributed by atoms with Crippen LogP contribution in [0, 0.1) is 0 Å². The minimum Gasteiger partial charge on any atom is -0.508 e. The van der Waals surface area contributed by atoms with Gasteiger partial charge < -0.3 is 47.8 Å². The van der Waals surface area contributed by atoms with Crippen molar-refractivity contribution in [2.75, 3.05) is 6.54 Å². The molecule has 210 valence electrons. The molecule has 0 aromatic heterocycles. The number of carbonyl (C=O) groups is 6. The maximum absolute atomic E-state index is 12.9. The second-order valence-corrected chi connectivity index (χ2v) is 8.48. The summed E-state index contributed by atoms with van der Waals surface area (Å²) in [6, 6.07) is -0.120. The van der Waals surface area contributed by atoms with Gasteiger partial charge in [0.25, 0.3) is 0 Å². The largest absolute Gasteiger partial charge is 0.508 e. The molecular weight excluding hydrogens is 506 g/mol. The molecule has 11 N–H and O–H groups in total. The summed E-state index contributed by atoms with van der Waals surface area (Å²) in [5.41, 5.74) is 11.9. The number of nitrogens with one attached hydrogen (secondary N) is 3. The molecule has 0 fully saturated rings. The van der Waals surface area contributed by atoms with Crippen molar-refractivity contribution in [1.29, 1.82) is 0 Å². The third-order valence-electron chi connectivity index (χ3n) is 5.31. The Kier molecular flexibility index (Phi) is 13.2. The van der Waals surface area contributed by atoms with Crippen LogP contribution in [0.3, 0.4) is 0 Å². The SMILES string of the molecule is NCCCCC(NC(=O)C(CC(=O)O)NC(=O)C(N)Cc1ccc(O)cc1)C(=O)NC(CC(=O)O)C(=O)O. The molecule has 4 unspecified atom stereocenters. The Labute approximate surface area is 217 Å². The molecule has 15 heteroatoms. The van der Waals surface area contributed by atoms with Gasteiger partial charge in [-0.25, -0.2) is 4.79 Å². The molecule has 4 atom stereocenters. The fraction of sp³-hybridized carbons (Fsp3) is 0.478. The zero-order valence-electron chi connectivity index (χ0n) is 20.5. The Hall–Kier alpha value is -4.24. The molecule has 0 saturated carbocycles. The van der Waals surface area contributed by atoms with E-state index >= 15 is 0 Å².